The molecule has 2 aromatic heterocycles. The number of benzene rings is 7. The minimum absolute atomic E-state index is 0.850. The fourth-order valence-corrected chi connectivity index (χ4v) is 7.47. The molecule has 9 rings (SSSR count). The fourth-order valence-electron chi connectivity index (χ4n) is 7.47. The van der Waals surface area contributed by atoms with E-state index in [4.69, 9.17) is 4.98 Å². The Labute approximate surface area is 273 Å². The predicted molar refractivity (Wildman–Crippen MR) is 197 cm³/mol. The van der Waals surface area contributed by atoms with Crippen molar-refractivity contribution in [2.45, 2.75) is 13.3 Å². The average Bonchev–Trinajstić information content (AvgIpc) is 3.52. The van der Waals surface area contributed by atoms with Gasteiger partial charge in [0, 0.05) is 24.2 Å². The van der Waals surface area contributed by atoms with Gasteiger partial charge in [-0.15, -0.1) is 0 Å². The molecule has 0 amide bonds. The zero-order chi connectivity index (χ0) is 31.3. The molecule has 0 unspecified atom stereocenters. The zero-order valence-electron chi connectivity index (χ0n) is 26.1. The van der Waals surface area contributed by atoms with Gasteiger partial charge in [-0.2, -0.15) is 0 Å². The van der Waals surface area contributed by atoms with Gasteiger partial charge in [0.2, 0.25) is 0 Å². The quantitative estimate of drug-likeness (QED) is 0.184. The minimum atomic E-state index is 0.850. The van der Waals surface area contributed by atoms with Crippen LogP contribution in [0.5, 0.6) is 0 Å². The molecule has 3 nitrogen and oxygen atoms in total. The summed E-state index contributed by atoms with van der Waals surface area (Å²) in [6.45, 7) is 2.18. The summed E-state index contributed by atoms with van der Waals surface area (Å²) in [7, 11) is 0. The molecule has 0 bridgehead atoms. The van der Waals surface area contributed by atoms with Crippen molar-refractivity contribution in [1.82, 2.24) is 14.5 Å². The molecule has 0 spiro atoms. The second kappa shape index (κ2) is 11.1. The van der Waals surface area contributed by atoms with E-state index in [-0.39, 0.29) is 0 Å². The second-order valence-corrected chi connectivity index (χ2v) is 12.0. The first kappa shape index (κ1) is 27.3. The lowest BCUT2D eigenvalue weighted by molar-refractivity contribution is 0.913. The third-order valence-electron chi connectivity index (χ3n) is 9.48. The molecular weight excluding hydrogens is 571 g/mol. The van der Waals surface area contributed by atoms with Crippen LogP contribution in [0.4, 0.5) is 0 Å². The Kier molecular flexibility index (Phi) is 6.43. The predicted octanol–water partition coefficient (Wildman–Crippen LogP) is 11.4. The first-order chi connectivity index (χ1) is 23.3. The second-order valence-electron chi connectivity index (χ2n) is 12.0. The van der Waals surface area contributed by atoms with Gasteiger partial charge in [-0.3, -0.25) is 9.55 Å². The van der Waals surface area contributed by atoms with Crippen LogP contribution in [0.25, 0.3) is 82.4 Å². The Morgan fingerprint density at radius 3 is 1.66 bits per heavy atom. The maximum atomic E-state index is 5.00. The van der Waals surface area contributed by atoms with Crippen LogP contribution in [-0.4, -0.2) is 14.5 Å². The molecule has 0 aliphatic carbocycles. The van der Waals surface area contributed by atoms with Crippen molar-refractivity contribution in [2.24, 2.45) is 0 Å². The van der Waals surface area contributed by atoms with Crippen molar-refractivity contribution in [2.75, 3.05) is 0 Å². The van der Waals surface area contributed by atoms with Gasteiger partial charge < -0.3 is 0 Å². The molecule has 0 saturated carbocycles. The lowest BCUT2D eigenvalue weighted by atomic mass is 9.83. The van der Waals surface area contributed by atoms with E-state index in [2.05, 4.69) is 162 Å². The Morgan fingerprint density at radius 2 is 1.00 bits per heavy atom. The van der Waals surface area contributed by atoms with Crippen molar-refractivity contribution in [3.05, 3.63) is 164 Å². The maximum absolute atomic E-state index is 5.00. The SMILES string of the molecule is CCc1nc2ccccc2n1-c1ccc(-c2c3ccccc3c(-c3ccccc3-c3ccncc3)c3ccccc23)c2ccccc12. The van der Waals surface area contributed by atoms with Gasteiger partial charge in [0.15, 0.2) is 0 Å². The summed E-state index contributed by atoms with van der Waals surface area (Å²) in [4.78, 5) is 9.29. The highest BCUT2D eigenvalue weighted by Gasteiger charge is 2.21. The Balaban J connectivity index is 1.37. The number of pyridine rings is 1. The fraction of sp³-hybridized carbons (Fsp3) is 0.0455. The molecule has 0 aliphatic rings. The summed E-state index contributed by atoms with van der Waals surface area (Å²) in [5, 5.41) is 7.40. The number of imidazole rings is 1. The highest BCUT2D eigenvalue weighted by atomic mass is 15.1. The molecule has 0 atom stereocenters. The Hall–Kier alpha value is -6.06. The number of aromatic nitrogens is 3. The molecule has 7 aromatic carbocycles. The van der Waals surface area contributed by atoms with Crippen LogP contribution in [0.15, 0.2) is 158 Å². The summed E-state index contributed by atoms with van der Waals surface area (Å²) < 4.78 is 2.34. The van der Waals surface area contributed by atoms with Crippen molar-refractivity contribution in [3.63, 3.8) is 0 Å². The van der Waals surface area contributed by atoms with Gasteiger partial charge in [0.1, 0.15) is 5.82 Å². The van der Waals surface area contributed by atoms with Crippen molar-refractivity contribution >= 4 is 43.4 Å². The van der Waals surface area contributed by atoms with Gasteiger partial charge >= 0.3 is 0 Å². The van der Waals surface area contributed by atoms with E-state index in [0.717, 1.165) is 34.5 Å². The highest BCUT2D eigenvalue weighted by Crippen LogP contribution is 2.47. The topological polar surface area (TPSA) is 30.7 Å². The van der Waals surface area contributed by atoms with E-state index >= 15 is 0 Å². The van der Waals surface area contributed by atoms with Crippen molar-refractivity contribution in [1.29, 1.82) is 0 Å². The summed E-state index contributed by atoms with van der Waals surface area (Å²) in [5.41, 5.74) is 10.6. The van der Waals surface area contributed by atoms with Gasteiger partial charge in [-0.05, 0) is 90.6 Å². The number of rotatable bonds is 5. The molecule has 3 heteroatoms. The van der Waals surface area contributed by atoms with E-state index in [1.807, 2.05) is 12.4 Å². The van der Waals surface area contributed by atoms with Gasteiger partial charge in [0.25, 0.3) is 0 Å². The molecule has 47 heavy (non-hydrogen) atoms. The molecule has 9 aromatic rings. The summed E-state index contributed by atoms with van der Waals surface area (Å²) in [5.74, 6) is 1.07. The van der Waals surface area contributed by atoms with Crippen LogP contribution in [-0.2, 0) is 6.42 Å². The van der Waals surface area contributed by atoms with Crippen LogP contribution in [0.3, 0.4) is 0 Å². The molecule has 0 N–H and O–H groups in total. The van der Waals surface area contributed by atoms with Crippen LogP contribution in [0, 0.1) is 0 Å². The first-order valence-electron chi connectivity index (χ1n) is 16.2. The summed E-state index contributed by atoms with van der Waals surface area (Å²) in [6.07, 6.45) is 4.59. The molecule has 0 saturated heterocycles. The highest BCUT2D eigenvalue weighted by molar-refractivity contribution is 6.24. The maximum Gasteiger partial charge on any atom is 0.114 e. The molecule has 0 radical (unpaired) electrons. The van der Waals surface area contributed by atoms with E-state index < -0.39 is 0 Å². The average molecular weight is 602 g/mol. The number of hydrogen-bond acceptors (Lipinski definition) is 2. The summed E-state index contributed by atoms with van der Waals surface area (Å²) >= 11 is 0. The Morgan fingerprint density at radius 1 is 0.468 bits per heavy atom. The van der Waals surface area contributed by atoms with Crippen molar-refractivity contribution < 1.29 is 0 Å². The molecule has 222 valence electrons. The van der Waals surface area contributed by atoms with Crippen LogP contribution in [0.2, 0.25) is 0 Å². The van der Waals surface area contributed by atoms with Gasteiger partial charge in [-0.25, -0.2) is 4.98 Å². The largest absolute Gasteiger partial charge is 0.296 e. The molecule has 0 fully saturated rings. The minimum Gasteiger partial charge on any atom is -0.296 e. The van der Waals surface area contributed by atoms with Crippen LogP contribution >= 0.6 is 0 Å². The van der Waals surface area contributed by atoms with E-state index in [1.54, 1.807) is 0 Å². The number of fused-ring (bicyclic) bond motifs is 4. The normalized spacial score (nSPS) is 11.6. The monoisotopic (exact) mass is 601 g/mol. The number of hydrogen-bond donors (Lipinski definition) is 0. The van der Waals surface area contributed by atoms with Gasteiger partial charge in [-0.1, -0.05) is 122 Å². The third kappa shape index (κ3) is 4.28. The molecule has 2 heterocycles. The van der Waals surface area contributed by atoms with E-state index in [0.29, 0.717) is 0 Å². The standard InChI is InChI=1S/C44H31N3/c1-2-42-46-39-21-11-12-22-41(39)47(42)40-24-23-38(31-14-4-5-15-32(31)40)44-36-19-9-7-17-34(36)43(35-18-8-10-20-37(35)44)33-16-6-3-13-30(33)29-25-27-45-28-26-29/h3-28H,2H2,1H3. The lowest BCUT2D eigenvalue weighted by Crippen LogP contribution is -2.01. The Bertz CT molecular complexity index is 2560. The van der Waals surface area contributed by atoms with Crippen LogP contribution in [0.1, 0.15) is 12.7 Å². The lowest BCUT2D eigenvalue weighted by Gasteiger charge is -2.21. The van der Waals surface area contributed by atoms with Gasteiger partial charge in [0.05, 0.1) is 16.7 Å². The number of aryl methyl sites for hydroxylation is 1. The first-order valence-corrected chi connectivity index (χ1v) is 16.2. The van der Waals surface area contributed by atoms with E-state index in [1.165, 1.54) is 60.1 Å². The summed E-state index contributed by atoms with van der Waals surface area (Å²) in [6, 6.07) is 52.6. The van der Waals surface area contributed by atoms with E-state index in [9.17, 15) is 0 Å². The van der Waals surface area contributed by atoms with Crippen molar-refractivity contribution in [3.8, 4) is 39.1 Å². The molecule has 0 aliphatic heterocycles. The third-order valence-corrected chi connectivity index (χ3v) is 9.48. The molecular formula is C44H31N3. The zero-order valence-corrected chi connectivity index (χ0v) is 26.1. The number of para-hydroxylation sites is 2. The smallest absolute Gasteiger partial charge is 0.114 e. The van der Waals surface area contributed by atoms with Crippen LogP contribution < -0.4 is 0 Å². The number of nitrogens with zero attached hydrogens (tertiary/aromatic N) is 3.